The van der Waals surface area contributed by atoms with E-state index in [2.05, 4.69) is 10.6 Å². The number of halogens is 1. The van der Waals surface area contributed by atoms with Crippen molar-refractivity contribution >= 4 is 11.7 Å². The third-order valence-corrected chi connectivity index (χ3v) is 3.08. The zero-order chi connectivity index (χ0) is 14.5. The van der Waals surface area contributed by atoms with E-state index >= 15 is 0 Å². The number of rotatable bonds is 3. The van der Waals surface area contributed by atoms with Crippen LogP contribution in [0.25, 0.3) is 0 Å². The van der Waals surface area contributed by atoms with Gasteiger partial charge in [0.15, 0.2) is 0 Å². The second-order valence-corrected chi connectivity index (χ2v) is 4.69. The Labute approximate surface area is 117 Å². The molecule has 0 fully saturated rings. The van der Waals surface area contributed by atoms with Crippen LogP contribution in [0.1, 0.15) is 24.1 Å². The first-order valence-electron chi connectivity index (χ1n) is 6.45. The molecule has 2 rings (SSSR count). The Morgan fingerprint density at radius 3 is 2.50 bits per heavy atom. The average Bonchev–Trinajstić information content (AvgIpc) is 2.44. The van der Waals surface area contributed by atoms with Gasteiger partial charge in [-0.2, -0.15) is 0 Å². The van der Waals surface area contributed by atoms with Crippen molar-refractivity contribution in [1.29, 1.82) is 0 Å². The lowest BCUT2D eigenvalue weighted by Crippen LogP contribution is -2.31. The maximum absolute atomic E-state index is 13.4. The minimum absolute atomic E-state index is 0.119. The lowest BCUT2D eigenvalue weighted by Gasteiger charge is -2.15. The van der Waals surface area contributed by atoms with Crippen LogP contribution in [0.4, 0.5) is 14.9 Å². The van der Waals surface area contributed by atoms with Crippen molar-refractivity contribution in [2.24, 2.45) is 0 Å². The molecule has 0 aliphatic heterocycles. The van der Waals surface area contributed by atoms with Crippen LogP contribution in [-0.4, -0.2) is 6.03 Å². The summed E-state index contributed by atoms with van der Waals surface area (Å²) in [6, 6.07) is 13.8. The molecule has 0 spiro atoms. The predicted molar refractivity (Wildman–Crippen MR) is 78.1 cm³/mol. The number of hydrogen-bond acceptors (Lipinski definition) is 1. The summed E-state index contributed by atoms with van der Waals surface area (Å²) >= 11 is 0. The molecule has 2 aromatic carbocycles. The molecule has 3 nitrogen and oxygen atoms in total. The van der Waals surface area contributed by atoms with Crippen LogP contribution in [0, 0.1) is 12.7 Å². The molecule has 0 saturated carbocycles. The Kier molecular flexibility index (Phi) is 4.35. The van der Waals surface area contributed by atoms with Gasteiger partial charge in [0, 0.05) is 5.69 Å². The first-order valence-corrected chi connectivity index (χ1v) is 6.45. The van der Waals surface area contributed by atoms with Gasteiger partial charge in [-0.25, -0.2) is 9.18 Å². The molecule has 0 aliphatic rings. The summed E-state index contributed by atoms with van der Waals surface area (Å²) in [6.07, 6.45) is 0. The summed E-state index contributed by atoms with van der Waals surface area (Å²) in [5, 5.41) is 5.43. The van der Waals surface area contributed by atoms with E-state index < -0.39 is 0 Å². The van der Waals surface area contributed by atoms with E-state index in [9.17, 15) is 9.18 Å². The second kappa shape index (κ2) is 6.19. The molecule has 0 aliphatic carbocycles. The first-order chi connectivity index (χ1) is 9.56. The van der Waals surface area contributed by atoms with Gasteiger partial charge >= 0.3 is 6.03 Å². The van der Waals surface area contributed by atoms with Gasteiger partial charge in [-0.15, -0.1) is 0 Å². The average molecular weight is 272 g/mol. The zero-order valence-corrected chi connectivity index (χ0v) is 11.5. The monoisotopic (exact) mass is 272 g/mol. The fourth-order valence-electron chi connectivity index (χ4n) is 1.86. The van der Waals surface area contributed by atoms with Gasteiger partial charge in [0.2, 0.25) is 0 Å². The summed E-state index contributed by atoms with van der Waals surface area (Å²) < 4.78 is 13.4. The lowest BCUT2D eigenvalue weighted by molar-refractivity contribution is 0.249. The van der Waals surface area contributed by atoms with Gasteiger partial charge in [-0.3, -0.25) is 0 Å². The third kappa shape index (κ3) is 3.57. The Balaban J connectivity index is 1.97. The molecule has 0 saturated heterocycles. The summed E-state index contributed by atoms with van der Waals surface area (Å²) in [4.78, 5) is 11.8. The zero-order valence-electron chi connectivity index (χ0n) is 11.5. The number of hydrogen-bond donors (Lipinski definition) is 2. The van der Waals surface area contributed by atoms with E-state index in [4.69, 9.17) is 0 Å². The molecule has 1 unspecified atom stereocenters. The van der Waals surface area contributed by atoms with E-state index in [0.29, 0.717) is 11.3 Å². The summed E-state index contributed by atoms with van der Waals surface area (Å²) in [7, 11) is 0. The number of aryl methyl sites for hydroxylation is 1. The highest BCUT2D eigenvalue weighted by Crippen LogP contribution is 2.15. The van der Waals surface area contributed by atoms with Crippen LogP contribution >= 0.6 is 0 Å². The molecule has 20 heavy (non-hydrogen) atoms. The number of urea groups is 1. The molecule has 2 aromatic rings. The highest BCUT2D eigenvalue weighted by atomic mass is 19.1. The maximum Gasteiger partial charge on any atom is 0.319 e. The van der Waals surface area contributed by atoms with Crippen molar-refractivity contribution in [2.75, 3.05) is 5.32 Å². The molecular weight excluding hydrogens is 255 g/mol. The van der Waals surface area contributed by atoms with Crippen LogP contribution in [0.2, 0.25) is 0 Å². The van der Waals surface area contributed by atoms with E-state index in [1.807, 2.05) is 37.3 Å². The van der Waals surface area contributed by atoms with Gasteiger partial charge in [0.25, 0.3) is 0 Å². The van der Waals surface area contributed by atoms with Crippen molar-refractivity contribution in [1.82, 2.24) is 5.32 Å². The van der Waals surface area contributed by atoms with Crippen molar-refractivity contribution in [3.8, 4) is 0 Å². The molecule has 0 heterocycles. The highest BCUT2D eigenvalue weighted by Gasteiger charge is 2.09. The fourth-order valence-corrected chi connectivity index (χ4v) is 1.86. The Hall–Kier alpha value is -2.36. The molecule has 2 amide bonds. The maximum atomic E-state index is 13.4. The molecule has 0 aromatic heterocycles. The molecule has 0 bridgehead atoms. The van der Waals surface area contributed by atoms with Gasteiger partial charge < -0.3 is 10.6 Å². The SMILES string of the molecule is Cc1ccc(NC(=O)NC(C)c2ccccc2)cc1F. The Morgan fingerprint density at radius 2 is 1.85 bits per heavy atom. The van der Waals surface area contributed by atoms with Crippen molar-refractivity contribution in [3.05, 3.63) is 65.5 Å². The number of anilines is 1. The standard InChI is InChI=1S/C16H17FN2O/c1-11-8-9-14(10-15(11)17)19-16(20)18-12(2)13-6-4-3-5-7-13/h3-10,12H,1-2H3,(H2,18,19,20). The van der Waals surface area contributed by atoms with Gasteiger partial charge in [0.05, 0.1) is 6.04 Å². The van der Waals surface area contributed by atoms with Crippen LogP contribution in [-0.2, 0) is 0 Å². The van der Waals surface area contributed by atoms with Crippen molar-refractivity contribution in [2.45, 2.75) is 19.9 Å². The normalized spacial score (nSPS) is 11.8. The predicted octanol–water partition coefficient (Wildman–Crippen LogP) is 4.02. The van der Waals surface area contributed by atoms with Crippen molar-refractivity contribution in [3.63, 3.8) is 0 Å². The molecule has 1 atom stereocenters. The largest absolute Gasteiger partial charge is 0.331 e. The summed E-state index contributed by atoms with van der Waals surface area (Å²) in [6.45, 7) is 3.57. The van der Waals surface area contributed by atoms with Gasteiger partial charge in [-0.05, 0) is 37.1 Å². The summed E-state index contributed by atoms with van der Waals surface area (Å²) in [5.41, 5.74) is 2.00. The van der Waals surface area contributed by atoms with Gasteiger partial charge in [-0.1, -0.05) is 36.4 Å². The number of carbonyl (C=O) groups is 1. The molecule has 0 radical (unpaired) electrons. The van der Waals surface area contributed by atoms with Gasteiger partial charge in [0.1, 0.15) is 5.82 Å². The van der Waals surface area contributed by atoms with E-state index in [1.54, 1.807) is 19.1 Å². The minimum Gasteiger partial charge on any atom is -0.331 e. The second-order valence-electron chi connectivity index (χ2n) is 4.69. The van der Waals surface area contributed by atoms with E-state index in [-0.39, 0.29) is 17.9 Å². The minimum atomic E-state index is -0.357. The molecule has 104 valence electrons. The molecular formula is C16H17FN2O. The number of nitrogens with one attached hydrogen (secondary N) is 2. The van der Waals surface area contributed by atoms with Crippen LogP contribution in [0.15, 0.2) is 48.5 Å². The fraction of sp³-hybridized carbons (Fsp3) is 0.188. The highest BCUT2D eigenvalue weighted by molar-refractivity contribution is 5.89. The topological polar surface area (TPSA) is 41.1 Å². The van der Waals surface area contributed by atoms with E-state index in [1.165, 1.54) is 6.07 Å². The Morgan fingerprint density at radius 1 is 1.15 bits per heavy atom. The van der Waals surface area contributed by atoms with Crippen LogP contribution in [0.3, 0.4) is 0 Å². The smallest absolute Gasteiger partial charge is 0.319 e. The number of carbonyl (C=O) groups excluding carboxylic acids is 1. The quantitative estimate of drug-likeness (QED) is 0.870. The molecule has 2 N–H and O–H groups in total. The van der Waals surface area contributed by atoms with Crippen molar-refractivity contribution < 1.29 is 9.18 Å². The van der Waals surface area contributed by atoms with E-state index in [0.717, 1.165) is 5.56 Å². The summed E-state index contributed by atoms with van der Waals surface area (Å²) in [5.74, 6) is -0.334. The molecule has 4 heteroatoms. The first kappa shape index (κ1) is 14.1. The number of benzene rings is 2. The third-order valence-electron chi connectivity index (χ3n) is 3.08. The Bertz CT molecular complexity index is 599. The number of amides is 2. The lowest BCUT2D eigenvalue weighted by atomic mass is 10.1. The van der Waals surface area contributed by atoms with Crippen LogP contribution in [0.5, 0.6) is 0 Å². The van der Waals surface area contributed by atoms with Crippen LogP contribution < -0.4 is 10.6 Å².